The Morgan fingerprint density at radius 3 is 2.50 bits per heavy atom. The van der Waals surface area contributed by atoms with E-state index in [2.05, 4.69) is 10.6 Å². The lowest BCUT2D eigenvalue weighted by Crippen LogP contribution is -2.52. The number of halogens is 3. The first-order valence-corrected chi connectivity index (χ1v) is 10.1. The fraction of sp³-hybridized carbons (Fsp3) is 0.800. The van der Waals surface area contributed by atoms with Crippen molar-refractivity contribution >= 4 is 11.6 Å². The minimum Gasteiger partial charge on any atom is -0.494 e. The van der Waals surface area contributed by atoms with Crippen LogP contribution in [-0.4, -0.2) is 54.5 Å². The Bertz CT molecular complexity index is 613. The van der Waals surface area contributed by atoms with E-state index >= 15 is 0 Å². The van der Waals surface area contributed by atoms with E-state index in [1.54, 1.807) is 13.8 Å². The van der Waals surface area contributed by atoms with Crippen molar-refractivity contribution in [1.29, 1.82) is 5.41 Å². The second kappa shape index (κ2) is 11.1. The highest BCUT2D eigenvalue weighted by molar-refractivity contribution is 5.98. The predicted molar refractivity (Wildman–Crippen MR) is 107 cm³/mol. The van der Waals surface area contributed by atoms with Crippen LogP contribution in [0.25, 0.3) is 0 Å². The van der Waals surface area contributed by atoms with Gasteiger partial charge < -0.3 is 25.3 Å². The van der Waals surface area contributed by atoms with Gasteiger partial charge in [-0.1, -0.05) is 13.8 Å². The molecule has 0 aromatic heterocycles. The molecule has 1 saturated heterocycles. The van der Waals surface area contributed by atoms with Gasteiger partial charge in [0.05, 0.1) is 12.1 Å². The zero-order valence-corrected chi connectivity index (χ0v) is 18.1. The number of hydrogen-bond donors (Lipinski definition) is 4. The Morgan fingerprint density at radius 2 is 1.93 bits per heavy atom. The van der Waals surface area contributed by atoms with Crippen LogP contribution >= 0.6 is 0 Å². The quantitative estimate of drug-likeness (QED) is 0.224. The third-order valence-electron chi connectivity index (χ3n) is 4.79. The fourth-order valence-electron chi connectivity index (χ4n) is 2.63. The molecule has 0 aromatic carbocycles. The molecule has 10 heteroatoms. The number of allylic oxidation sites excluding steroid dienone is 1. The second-order valence-electron chi connectivity index (χ2n) is 8.66. The van der Waals surface area contributed by atoms with Gasteiger partial charge in [0.15, 0.2) is 12.2 Å². The summed E-state index contributed by atoms with van der Waals surface area (Å²) in [5.41, 5.74) is -1.88. The van der Waals surface area contributed by atoms with Crippen molar-refractivity contribution in [3.8, 4) is 0 Å². The third-order valence-corrected chi connectivity index (χ3v) is 4.79. The number of carbonyl (C=O) groups is 1. The number of aliphatic hydroxyl groups excluding tert-OH is 1. The van der Waals surface area contributed by atoms with E-state index in [0.717, 1.165) is 25.3 Å². The third kappa shape index (κ3) is 9.90. The first-order chi connectivity index (χ1) is 13.7. The van der Waals surface area contributed by atoms with Gasteiger partial charge in [0.25, 0.3) is 0 Å². The van der Waals surface area contributed by atoms with Crippen LogP contribution in [0, 0.1) is 10.8 Å². The molecular formula is C20H34F3N3O4. The number of carbonyl (C=O) groups excluding carboxylic acids is 1. The Balaban J connectivity index is 2.51. The summed E-state index contributed by atoms with van der Waals surface area (Å²) in [6.07, 6.45) is -1.69. The van der Waals surface area contributed by atoms with Crippen LogP contribution < -0.4 is 10.6 Å². The van der Waals surface area contributed by atoms with Crippen molar-refractivity contribution in [2.75, 3.05) is 19.8 Å². The topological polar surface area (TPSA) is 104 Å². The molecule has 1 amide bonds. The largest absolute Gasteiger partial charge is 0.494 e. The first-order valence-electron chi connectivity index (χ1n) is 10.1. The van der Waals surface area contributed by atoms with Gasteiger partial charge in [0, 0.05) is 30.2 Å². The average molecular weight is 438 g/mol. The molecule has 4 N–H and O–H groups in total. The summed E-state index contributed by atoms with van der Waals surface area (Å²) in [6, 6.07) is 0. The highest BCUT2D eigenvalue weighted by atomic mass is 19.4. The van der Waals surface area contributed by atoms with Crippen molar-refractivity contribution in [3.63, 3.8) is 0 Å². The molecule has 30 heavy (non-hydrogen) atoms. The molecular weight excluding hydrogens is 403 g/mol. The van der Waals surface area contributed by atoms with Crippen LogP contribution in [0.5, 0.6) is 0 Å². The molecule has 0 aliphatic carbocycles. The van der Waals surface area contributed by atoms with Gasteiger partial charge in [0.1, 0.15) is 0 Å². The van der Waals surface area contributed by atoms with Gasteiger partial charge in [-0.3, -0.25) is 10.1 Å². The number of amides is 1. The zero-order chi connectivity index (χ0) is 23.0. The Labute approximate surface area is 175 Å². The van der Waals surface area contributed by atoms with Crippen LogP contribution in [0.2, 0.25) is 0 Å². The van der Waals surface area contributed by atoms with Crippen LogP contribution in [-0.2, 0) is 14.3 Å². The standard InChI is InChI=1S/C20H34F3N3O4/c1-18(2,13-30-16-8-5-6-11-29-16)14(24)12-15(27)26-17(28)19(3,4)25-10-7-9-20(21,22)23/h12,16,24-25,27H,5-11,13H2,1-4H3,(H,26,28)/b15-12-,24-14?. The van der Waals surface area contributed by atoms with E-state index in [0.29, 0.717) is 6.61 Å². The van der Waals surface area contributed by atoms with Gasteiger partial charge in [-0.25, -0.2) is 0 Å². The van der Waals surface area contributed by atoms with Crippen LogP contribution in [0.1, 0.15) is 59.8 Å². The smallest absolute Gasteiger partial charge is 0.389 e. The summed E-state index contributed by atoms with van der Waals surface area (Å²) in [5.74, 6) is -1.14. The number of alkyl halides is 3. The Morgan fingerprint density at radius 1 is 1.27 bits per heavy atom. The van der Waals surface area contributed by atoms with Gasteiger partial charge in [-0.2, -0.15) is 13.2 Å². The van der Waals surface area contributed by atoms with Crippen molar-refractivity contribution in [2.45, 2.75) is 77.8 Å². The number of aliphatic hydroxyl groups is 1. The molecule has 1 atom stereocenters. The molecule has 0 spiro atoms. The van der Waals surface area contributed by atoms with E-state index < -0.39 is 35.3 Å². The molecule has 0 radical (unpaired) electrons. The molecule has 0 aromatic rings. The minimum atomic E-state index is -4.24. The van der Waals surface area contributed by atoms with Crippen LogP contribution in [0.3, 0.4) is 0 Å². The highest BCUT2D eigenvalue weighted by Crippen LogP contribution is 2.23. The molecule has 1 aliphatic heterocycles. The second-order valence-corrected chi connectivity index (χ2v) is 8.66. The van der Waals surface area contributed by atoms with E-state index in [1.807, 2.05) is 0 Å². The van der Waals surface area contributed by atoms with E-state index in [-0.39, 0.29) is 31.6 Å². The average Bonchev–Trinajstić information content (AvgIpc) is 2.63. The lowest BCUT2D eigenvalue weighted by Gasteiger charge is -2.29. The molecule has 174 valence electrons. The van der Waals surface area contributed by atoms with E-state index in [1.165, 1.54) is 13.8 Å². The summed E-state index contributed by atoms with van der Waals surface area (Å²) in [4.78, 5) is 12.3. The van der Waals surface area contributed by atoms with Crippen molar-refractivity contribution < 1.29 is 32.5 Å². The highest BCUT2D eigenvalue weighted by Gasteiger charge is 2.30. The van der Waals surface area contributed by atoms with E-state index in [4.69, 9.17) is 14.9 Å². The number of ether oxygens (including phenoxy) is 2. The molecule has 1 rings (SSSR count). The molecule has 0 saturated carbocycles. The summed E-state index contributed by atoms with van der Waals surface area (Å²) in [6.45, 7) is 7.39. The van der Waals surface area contributed by atoms with Crippen molar-refractivity contribution in [3.05, 3.63) is 12.0 Å². The van der Waals surface area contributed by atoms with Crippen LogP contribution in [0.4, 0.5) is 13.2 Å². The molecule has 1 aliphatic rings. The number of hydrogen-bond acceptors (Lipinski definition) is 6. The van der Waals surface area contributed by atoms with Gasteiger partial charge >= 0.3 is 6.18 Å². The van der Waals surface area contributed by atoms with E-state index in [9.17, 15) is 23.1 Å². The van der Waals surface area contributed by atoms with Crippen LogP contribution in [0.15, 0.2) is 12.0 Å². The summed E-state index contributed by atoms with van der Waals surface area (Å²) >= 11 is 0. The maximum atomic E-state index is 12.3. The fourth-order valence-corrected chi connectivity index (χ4v) is 2.63. The maximum Gasteiger partial charge on any atom is 0.389 e. The SMILES string of the molecule is CC(C)(COC1CCCCO1)C(=N)/C=C(\O)NC(=O)C(C)(C)NCCCC(F)(F)F. The Kier molecular flexibility index (Phi) is 9.77. The predicted octanol–water partition coefficient (Wildman–Crippen LogP) is 3.80. The Hall–Kier alpha value is -1.65. The normalized spacial score (nSPS) is 18.9. The van der Waals surface area contributed by atoms with Crippen molar-refractivity contribution in [2.24, 2.45) is 5.41 Å². The molecule has 7 nitrogen and oxygen atoms in total. The lowest BCUT2D eigenvalue weighted by atomic mass is 9.88. The van der Waals surface area contributed by atoms with Gasteiger partial charge in [0.2, 0.25) is 5.91 Å². The number of rotatable bonds is 11. The summed E-state index contributed by atoms with van der Waals surface area (Å²) in [5, 5.41) is 23.3. The zero-order valence-electron chi connectivity index (χ0n) is 18.1. The molecule has 1 fully saturated rings. The minimum absolute atomic E-state index is 0.00612. The number of nitrogens with one attached hydrogen (secondary N) is 3. The lowest BCUT2D eigenvalue weighted by molar-refractivity contribution is -0.171. The van der Waals surface area contributed by atoms with Gasteiger partial charge in [-0.05, 0) is 46.1 Å². The maximum absolute atomic E-state index is 12.3. The molecule has 1 unspecified atom stereocenters. The van der Waals surface area contributed by atoms with Crippen molar-refractivity contribution in [1.82, 2.24) is 10.6 Å². The summed E-state index contributed by atoms with van der Waals surface area (Å²) in [7, 11) is 0. The monoisotopic (exact) mass is 437 g/mol. The van der Waals surface area contributed by atoms with Gasteiger partial charge in [-0.15, -0.1) is 0 Å². The molecule has 1 heterocycles. The molecule has 0 bridgehead atoms. The summed E-state index contributed by atoms with van der Waals surface area (Å²) < 4.78 is 47.8. The first kappa shape index (κ1) is 26.4.